The van der Waals surface area contributed by atoms with E-state index in [0.29, 0.717) is 22.2 Å². The number of anilines is 1. The second-order valence-electron chi connectivity index (χ2n) is 7.54. The molecule has 0 bridgehead atoms. The number of halogens is 2. The summed E-state index contributed by atoms with van der Waals surface area (Å²) in [4.78, 5) is 33.0. The molecule has 0 unspecified atom stereocenters. The van der Waals surface area contributed by atoms with Gasteiger partial charge in [0.25, 0.3) is 11.5 Å². The molecule has 5 rings (SSSR count). The number of fused-ring (bicyclic) bond motifs is 1. The van der Waals surface area contributed by atoms with Gasteiger partial charge in [-0.25, -0.2) is 9.07 Å². The summed E-state index contributed by atoms with van der Waals surface area (Å²) in [6, 6.07) is 11.9. The Morgan fingerprint density at radius 2 is 1.91 bits per heavy atom. The first-order chi connectivity index (χ1) is 16.8. The summed E-state index contributed by atoms with van der Waals surface area (Å²) in [7, 11) is 1.45. The number of nitrogens with zero attached hydrogens (tertiary/aromatic N) is 5. The van der Waals surface area contributed by atoms with Crippen molar-refractivity contribution in [1.29, 1.82) is 0 Å². The van der Waals surface area contributed by atoms with Crippen molar-refractivity contribution < 1.29 is 13.9 Å². The molecule has 0 aliphatic carbocycles. The van der Waals surface area contributed by atoms with E-state index in [0.717, 1.165) is 0 Å². The molecule has 0 saturated carbocycles. The number of nitrogens with one attached hydrogen (secondary N) is 2. The van der Waals surface area contributed by atoms with Crippen LogP contribution in [0.1, 0.15) is 16.1 Å². The Morgan fingerprint density at radius 1 is 1.14 bits per heavy atom. The molecular weight excluding hydrogens is 477 g/mol. The highest BCUT2D eigenvalue weighted by Gasteiger charge is 2.19. The fraction of sp³-hybridized carbons (Fsp3) is 0.0870. The van der Waals surface area contributed by atoms with E-state index in [1.165, 1.54) is 53.0 Å². The van der Waals surface area contributed by atoms with Crippen molar-refractivity contribution in [2.75, 3.05) is 12.4 Å². The van der Waals surface area contributed by atoms with Gasteiger partial charge in [-0.1, -0.05) is 11.6 Å². The lowest BCUT2D eigenvalue weighted by Crippen LogP contribution is -2.19. The first-order valence-corrected chi connectivity index (χ1v) is 10.7. The molecule has 176 valence electrons. The molecule has 5 aromatic rings. The number of aryl methyl sites for hydroxylation is 1. The summed E-state index contributed by atoms with van der Waals surface area (Å²) in [6.07, 6.45) is 1.37. The van der Waals surface area contributed by atoms with Gasteiger partial charge in [0.15, 0.2) is 5.65 Å². The molecule has 0 spiro atoms. The summed E-state index contributed by atoms with van der Waals surface area (Å²) >= 11 is 6.06. The van der Waals surface area contributed by atoms with Gasteiger partial charge < -0.3 is 10.1 Å². The van der Waals surface area contributed by atoms with Crippen molar-refractivity contribution in [3.05, 3.63) is 87.2 Å². The van der Waals surface area contributed by atoms with E-state index in [9.17, 15) is 14.0 Å². The van der Waals surface area contributed by atoms with Crippen molar-refractivity contribution in [1.82, 2.24) is 29.5 Å². The fourth-order valence-corrected chi connectivity index (χ4v) is 3.74. The van der Waals surface area contributed by atoms with E-state index in [2.05, 4.69) is 25.5 Å². The van der Waals surface area contributed by atoms with Crippen molar-refractivity contribution in [3.8, 4) is 17.4 Å². The van der Waals surface area contributed by atoms with E-state index < -0.39 is 17.3 Å². The van der Waals surface area contributed by atoms with Gasteiger partial charge in [0.05, 0.1) is 30.3 Å². The Morgan fingerprint density at radius 3 is 2.66 bits per heavy atom. The van der Waals surface area contributed by atoms with Gasteiger partial charge in [0.2, 0.25) is 5.95 Å². The van der Waals surface area contributed by atoms with Crippen LogP contribution < -0.4 is 15.6 Å². The lowest BCUT2D eigenvalue weighted by Gasteiger charge is -2.11. The number of aromatic amines is 1. The van der Waals surface area contributed by atoms with Gasteiger partial charge in [0, 0.05) is 11.1 Å². The SMILES string of the molecule is COc1ccc(Cl)cc1C(=O)Nc1cc(C)nn1-c1nc2c(cnn2-c2ccc(F)cc2)c(=O)[nH]1. The number of rotatable bonds is 5. The third kappa shape index (κ3) is 4.13. The minimum Gasteiger partial charge on any atom is -0.496 e. The molecule has 0 atom stereocenters. The molecule has 1 amide bonds. The number of ether oxygens (including phenoxy) is 1. The molecule has 0 aliphatic heterocycles. The Hall–Kier alpha value is -4.51. The molecule has 0 radical (unpaired) electrons. The number of hydrogen-bond acceptors (Lipinski definition) is 6. The molecular formula is C23H17ClFN7O3. The Balaban J connectivity index is 1.58. The number of aromatic nitrogens is 6. The van der Waals surface area contributed by atoms with Crippen molar-refractivity contribution in [2.24, 2.45) is 0 Å². The third-order valence-corrected chi connectivity index (χ3v) is 5.41. The normalized spacial score (nSPS) is 11.1. The van der Waals surface area contributed by atoms with Gasteiger partial charge in [-0.3, -0.25) is 14.6 Å². The van der Waals surface area contributed by atoms with Gasteiger partial charge in [-0.05, 0) is 49.4 Å². The molecule has 3 heterocycles. The van der Waals surface area contributed by atoms with Crippen LogP contribution >= 0.6 is 11.6 Å². The molecule has 0 fully saturated rings. The predicted octanol–water partition coefficient (Wildman–Crippen LogP) is 3.66. The van der Waals surface area contributed by atoms with E-state index >= 15 is 0 Å². The maximum Gasteiger partial charge on any atom is 0.263 e. The first kappa shape index (κ1) is 22.3. The smallest absolute Gasteiger partial charge is 0.263 e. The van der Waals surface area contributed by atoms with E-state index in [4.69, 9.17) is 16.3 Å². The number of carbonyl (C=O) groups is 1. The van der Waals surface area contributed by atoms with Crippen molar-refractivity contribution in [3.63, 3.8) is 0 Å². The summed E-state index contributed by atoms with van der Waals surface area (Å²) in [6.45, 7) is 1.73. The van der Waals surface area contributed by atoms with E-state index in [-0.39, 0.29) is 28.4 Å². The van der Waals surface area contributed by atoms with Gasteiger partial charge in [-0.15, -0.1) is 0 Å². The Labute approximate surface area is 201 Å². The minimum absolute atomic E-state index is 0.0489. The van der Waals surface area contributed by atoms with Crippen LogP contribution in [-0.2, 0) is 0 Å². The number of carbonyl (C=O) groups excluding carboxylic acids is 1. The highest BCUT2D eigenvalue weighted by Crippen LogP contribution is 2.25. The molecule has 2 N–H and O–H groups in total. The van der Waals surface area contributed by atoms with Gasteiger partial charge >= 0.3 is 0 Å². The zero-order valence-corrected chi connectivity index (χ0v) is 19.2. The number of methoxy groups -OCH3 is 1. The second kappa shape index (κ2) is 8.69. The van der Waals surface area contributed by atoms with Crippen LogP contribution in [-0.4, -0.2) is 42.5 Å². The molecule has 0 aliphatic rings. The molecule has 3 aromatic heterocycles. The van der Waals surface area contributed by atoms with Crippen LogP contribution in [0.3, 0.4) is 0 Å². The Bertz CT molecular complexity index is 1640. The summed E-state index contributed by atoms with van der Waals surface area (Å²) in [5, 5.41) is 11.9. The molecule has 10 nitrogen and oxygen atoms in total. The summed E-state index contributed by atoms with van der Waals surface area (Å²) < 4.78 is 21.3. The highest BCUT2D eigenvalue weighted by molar-refractivity contribution is 6.31. The van der Waals surface area contributed by atoms with E-state index in [1.54, 1.807) is 25.1 Å². The summed E-state index contributed by atoms with van der Waals surface area (Å²) in [5.41, 5.74) is 1.08. The van der Waals surface area contributed by atoms with Crippen molar-refractivity contribution in [2.45, 2.75) is 6.92 Å². The standard InChI is InChI=1S/C23H17ClFN7O3/c1-12-9-19(27-21(33)16-10-13(24)3-8-18(16)35-2)32(30-12)23-28-20-17(22(34)29-23)11-26-31(20)15-6-4-14(25)5-7-15/h3-11H,1-2H3,(H,27,33)(H,28,29,34). The zero-order valence-electron chi connectivity index (χ0n) is 18.4. The monoisotopic (exact) mass is 493 g/mol. The van der Waals surface area contributed by atoms with Crippen LogP contribution in [0, 0.1) is 12.7 Å². The average molecular weight is 494 g/mol. The molecule has 12 heteroatoms. The predicted molar refractivity (Wildman–Crippen MR) is 127 cm³/mol. The third-order valence-electron chi connectivity index (χ3n) is 5.18. The maximum atomic E-state index is 13.4. The topological polar surface area (TPSA) is 120 Å². The zero-order chi connectivity index (χ0) is 24.7. The first-order valence-electron chi connectivity index (χ1n) is 10.3. The lowest BCUT2D eigenvalue weighted by atomic mass is 10.2. The van der Waals surface area contributed by atoms with Crippen LogP contribution in [0.4, 0.5) is 10.2 Å². The summed E-state index contributed by atoms with van der Waals surface area (Å²) in [5.74, 6) is -0.255. The second-order valence-corrected chi connectivity index (χ2v) is 7.98. The molecule has 2 aromatic carbocycles. The van der Waals surface area contributed by atoms with Crippen LogP contribution in [0.5, 0.6) is 5.75 Å². The maximum absolute atomic E-state index is 13.4. The molecule has 35 heavy (non-hydrogen) atoms. The minimum atomic E-state index is -0.495. The lowest BCUT2D eigenvalue weighted by molar-refractivity contribution is 0.102. The van der Waals surface area contributed by atoms with Gasteiger partial charge in [-0.2, -0.15) is 19.9 Å². The molecule has 0 saturated heterocycles. The van der Waals surface area contributed by atoms with Gasteiger partial charge in [0.1, 0.15) is 22.8 Å². The number of H-pyrrole nitrogens is 1. The number of hydrogen-bond donors (Lipinski definition) is 2. The van der Waals surface area contributed by atoms with Crippen molar-refractivity contribution >= 4 is 34.4 Å². The Kier molecular flexibility index (Phi) is 5.53. The van der Waals surface area contributed by atoms with E-state index in [1.807, 2.05) is 0 Å². The average Bonchev–Trinajstić information content (AvgIpc) is 3.43. The van der Waals surface area contributed by atoms with Crippen LogP contribution in [0.15, 0.2) is 59.5 Å². The van der Waals surface area contributed by atoms with Crippen LogP contribution in [0.25, 0.3) is 22.7 Å². The highest BCUT2D eigenvalue weighted by atomic mass is 35.5. The largest absolute Gasteiger partial charge is 0.496 e. The number of amides is 1. The number of benzene rings is 2. The fourth-order valence-electron chi connectivity index (χ4n) is 3.57. The van der Waals surface area contributed by atoms with Crippen LogP contribution in [0.2, 0.25) is 5.02 Å². The quantitative estimate of drug-likeness (QED) is 0.385.